The normalized spacial score (nSPS) is 10.9. The molecule has 3 nitrogen and oxygen atoms in total. The standard InChI is InChI=1S/C14H9Cl2N3S/c1-8-7-19-12(4-5-17)13(18-14(19)20-8)9-2-3-10(15)11(16)6-9/h2-3,6-7H,4H2,1H3. The van der Waals surface area contributed by atoms with Gasteiger partial charge in [-0.15, -0.1) is 11.3 Å². The van der Waals surface area contributed by atoms with Crippen LogP contribution in [-0.4, -0.2) is 9.38 Å². The first-order chi connectivity index (χ1) is 9.60. The number of fused-ring (bicyclic) bond motifs is 1. The Hall–Kier alpha value is -1.54. The van der Waals surface area contributed by atoms with Gasteiger partial charge >= 0.3 is 0 Å². The number of nitriles is 1. The van der Waals surface area contributed by atoms with E-state index in [1.807, 2.05) is 23.6 Å². The first-order valence-corrected chi connectivity index (χ1v) is 7.47. The lowest BCUT2D eigenvalue weighted by Gasteiger charge is -2.02. The Labute approximate surface area is 130 Å². The topological polar surface area (TPSA) is 41.1 Å². The fourth-order valence-corrected chi connectivity index (χ4v) is 3.26. The van der Waals surface area contributed by atoms with Gasteiger partial charge in [0, 0.05) is 16.6 Å². The summed E-state index contributed by atoms with van der Waals surface area (Å²) in [5.41, 5.74) is 2.54. The Morgan fingerprint density at radius 3 is 2.85 bits per heavy atom. The molecule has 0 fully saturated rings. The number of halogens is 2. The van der Waals surface area contributed by atoms with Gasteiger partial charge in [0.25, 0.3) is 0 Å². The fraction of sp³-hybridized carbons (Fsp3) is 0.143. The highest BCUT2D eigenvalue weighted by molar-refractivity contribution is 7.17. The second-order valence-corrected chi connectivity index (χ2v) is 6.39. The minimum absolute atomic E-state index is 0.299. The van der Waals surface area contributed by atoms with Crippen LogP contribution in [0.4, 0.5) is 0 Å². The van der Waals surface area contributed by atoms with Crippen LogP contribution in [0, 0.1) is 18.3 Å². The van der Waals surface area contributed by atoms with Crippen molar-refractivity contribution in [3.05, 3.63) is 45.0 Å². The second kappa shape index (κ2) is 5.10. The summed E-state index contributed by atoms with van der Waals surface area (Å²) in [5.74, 6) is 0. The molecular formula is C14H9Cl2N3S. The van der Waals surface area contributed by atoms with Crippen LogP contribution in [0.15, 0.2) is 24.4 Å². The van der Waals surface area contributed by atoms with Crippen LogP contribution >= 0.6 is 34.5 Å². The average Bonchev–Trinajstić information content (AvgIpc) is 2.91. The Balaban J connectivity index is 2.24. The van der Waals surface area contributed by atoms with E-state index in [0.717, 1.165) is 26.8 Å². The maximum atomic E-state index is 9.04. The van der Waals surface area contributed by atoms with Gasteiger partial charge in [0.2, 0.25) is 0 Å². The number of aromatic nitrogens is 2. The Morgan fingerprint density at radius 1 is 1.35 bits per heavy atom. The third-order valence-electron chi connectivity index (χ3n) is 2.98. The zero-order chi connectivity index (χ0) is 14.3. The molecule has 0 unspecified atom stereocenters. The van der Waals surface area contributed by atoms with E-state index in [-0.39, 0.29) is 0 Å². The van der Waals surface area contributed by atoms with Crippen LogP contribution < -0.4 is 0 Å². The van der Waals surface area contributed by atoms with Crippen LogP contribution in [0.5, 0.6) is 0 Å². The number of hydrogen-bond acceptors (Lipinski definition) is 3. The number of nitrogens with zero attached hydrogens (tertiary/aromatic N) is 3. The molecule has 1 aromatic carbocycles. The Morgan fingerprint density at radius 2 is 2.15 bits per heavy atom. The molecule has 20 heavy (non-hydrogen) atoms. The third kappa shape index (κ3) is 2.18. The molecule has 0 radical (unpaired) electrons. The summed E-state index contributed by atoms with van der Waals surface area (Å²) in [6, 6.07) is 7.59. The molecule has 6 heteroatoms. The molecule has 0 saturated heterocycles. The van der Waals surface area contributed by atoms with Gasteiger partial charge < -0.3 is 0 Å². The molecule has 100 valence electrons. The highest BCUT2D eigenvalue weighted by Crippen LogP contribution is 2.32. The minimum Gasteiger partial charge on any atom is -0.293 e. The maximum Gasteiger partial charge on any atom is 0.194 e. The van der Waals surface area contributed by atoms with E-state index in [1.165, 1.54) is 0 Å². The maximum absolute atomic E-state index is 9.04. The van der Waals surface area contributed by atoms with E-state index >= 15 is 0 Å². The molecule has 0 N–H and O–H groups in total. The summed E-state index contributed by atoms with van der Waals surface area (Å²) >= 11 is 13.6. The van der Waals surface area contributed by atoms with E-state index in [0.29, 0.717) is 16.5 Å². The molecule has 3 rings (SSSR count). The lowest BCUT2D eigenvalue weighted by atomic mass is 10.1. The minimum atomic E-state index is 0.299. The van der Waals surface area contributed by atoms with Crippen molar-refractivity contribution in [2.45, 2.75) is 13.3 Å². The molecule has 0 saturated carbocycles. The molecule has 2 heterocycles. The van der Waals surface area contributed by atoms with Crippen molar-refractivity contribution >= 4 is 39.5 Å². The van der Waals surface area contributed by atoms with Gasteiger partial charge in [0.1, 0.15) is 0 Å². The molecule has 0 aliphatic rings. The van der Waals surface area contributed by atoms with Gasteiger partial charge in [-0.1, -0.05) is 29.3 Å². The van der Waals surface area contributed by atoms with Crippen molar-refractivity contribution in [1.29, 1.82) is 5.26 Å². The number of aryl methyl sites for hydroxylation is 1. The monoisotopic (exact) mass is 321 g/mol. The molecule has 0 bridgehead atoms. The molecule has 3 aromatic rings. The quantitative estimate of drug-likeness (QED) is 0.683. The lowest BCUT2D eigenvalue weighted by molar-refractivity contribution is 1.07. The van der Waals surface area contributed by atoms with Gasteiger partial charge in [-0.3, -0.25) is 4.40 Å². The predicted octanol–water partition coefficient (Wildman–Crippen LogP) is 4.74. The summed E-state index contributed by atoms with van der Waals surface area (Å²) in [7, 11) is 0. The molecule has 0 spiro atoms. The molecule has 0 aliphatic carbocycles. The van der Waals surface area contributed by atoms with Crippen molar-refractivity contribution in [1.82, 2.24) is 9.38 Å². The smallest absolute Gasteiger partial charge is 0.194 e. The fourth-order valence-electron chi connectivity index (χ4n) is 2.12. The summed E-state index contributed by atoms with van der Waals surface area (Å²) in [6.07, 6.45) is 2.30. The van der Waals surface area contributed by atoms with Crippen LogP contribution in [0.2, 0.25) is 10.0 Å². The lowest BCUT2D eigenvalue weighted by Crippen LogP contribution is -1.91. The highest BCUT2D eigenvalue weighted by Gasteiger charge is 2.16. The van der Waals surface area contributed by atoms with Gasteiger partial charge in [0.05, 0.1) is 33.9 Å². The number of rotatable bonds is 2. The molecular weight excluding hydrogens is 313 g/mol. The zero-order valence-corrected chi connectivity index (χ0v) is 12.9. The van der Waals surface area contributed by atoms with Crippen LogP contribution in [0.3, 0.4) is 0 Å². The first-order valence-electron chi connectivity index (χ1n) is 5.90. The Kier molecular flexibility index (Phi) is 3.43. The highest BCUT2D eigenvalue weighted by atomic mass is 35.5. The predicted molar refractivity (Wildman–Crippen MR) is 82.6 cm³/mol. The van der Waals surface area contributed by atoms with Crippen LogP contribution in [-0.2, 0) is 6.42 Å². The van der Waals surface area contributed by atoms with E-state index in [9.17, 15) is 0 Å². The van der Waals surface area contributed by atoms with Crippen molar-refractivity contribution in [3.63, 3.8) is 0 Å². The van der Waals surface area contributed by atoms with Crippen molar-refractivity contribution in [2.24, 2.45) is 0 Å². The van der Waals surface area contributed by atoms with Crippen LogP contribution in [0.1, 0.15) is 10.6 Å². The third-order valence-corrected chi connectivity index (χ3v) is 4.62. The number of hydrogen-bond donors (Lipinski definition) is 0. The first kappa shape index (κ1) is 13.4. The number of benzene rings is 1. The number of thiazole rings is 1. The Bertz CT molecular complexity index is 842. The summed E-state index contributed by atoms with van der Waals surface area (Å²) in [5, 5.41) is 10.0. The largest absolute Gasteiger partial charge is 0.293 e. The molecule has 0 atom stereocenters. The van der Waals surface area contributed by atoms with Crippen molar-refractivity contribution in [3.8, 4) is 17.3 Å². The molecule has 2 aromatic heterocycles. The van der Waals surface area contributed by atoms with E-state index in [4.69, 9.17) is 28.5 Å². The SMILES string of the molecule is Cc1cn2c(CC#N)c(-c3ccc(Cl)c(Cl)c3)nc2s1. The van der Waals surface area contributed by atoms with Gasteiger partial charge in [-0.25, -0.2) is 4.98 Å². The van der Waals surface area contributed by atoms with Gasteiger partial charge in [0.15, 0.2) is 4.96 Å². The summed E-state index contributed by atoms with van der Waals surface area (Å²) in [6.45, 7) is 2.02. The average molecular weight is 322 g/mol. The second-order valence-electron chi connectivity index (χ2n) is 4.37. The van der Waals surface area contributed by atoms with Gasteiger partial charge in [-0.05, 0) is 19.1 Å². The summed E-state index contributed by atoms with van der Waals surface area (Å²) < 4.78 is 1.97. The van der Waals surface area contributed by atoms with Gasteiger partial charge in [-0.2, -0.15) is 5.26 Å². The van der Waals surface area contributed by atoms with E-state index < -0.39 is 0 Å². The molecule has 0 aliphatic heterocycles. The van der Waals surface area contributed by atoms with Crippen molar-refractivity contribution in [2.75, 3.05) is 0 Å². The zero-order valence-electron chi connectivity index (χ0n) is 10.5. The molecule has 0 amide bonds. The summed E-state index contributed by atoms with van der Waals surface area (Å²) in [4.78, 5) is 6.66. The van der Waals surface area contributed by atoms with Crippen LogP contribution in [0.25, 0.3) is 16.2 Å². The van der Waals surface area contributed by atoms with E-state index in [2.05, 4.69) is 11.1 Å². The number of imidazole rings is 1. The van der Waals surface area contributed by atoms with Crippen molar-refractivity contribution < 1.29 is 0 Å². The van der Waals surface area contributed by atoms with E-state index in [1.54, 1.807) is 23.5 Å².